The predicted octanol–water partition coefficient (Wildman–Crippen LogP) is -0.469. The predicted molar refractivity (Wildman–Crippen MR) is 29.1 cm³/mol. The molecular formula is C5H5NO3. The van der Waals surface area contributed by atoms with E-state index in [1.165, 1.54) is 6.21 Å². The van der Waals surface area contributed by atoms with Gasteiger partial charge in [-0.3, -0.25) is 9.59 Å². The highest BCUT2D eigenvalue weighted by molar-refractivity contribution is 5.99. The maximum absolute atomic E-state index is 10.4. The van der Waals surface area contributed by atoms with Gasteiger partial charge in [-0.25, -0.2) is 4.99 Å². The minimum absolute atomic E-state index is 0.116. The zero-order chi connectivity index (χ0) is 6.69. The van der Waals surface area contributed by atoms with E-state index in [4.69, 9.17) is 0 Å². The van der Waals surface area contributed by atoms with Gasteiger partial charge in [0.1, 0.15) is 13.0 Å². The summed E-state index contributed by atoms with van der Waals surface area (Å²) in [4.78, 5) is 24.1. The van der Waals surface area contributed by atoms with Gasteiger partial charge in [-0.1, -0.05) is 0 Å². The van der Waals surface area contributed by atoms with Crippen LogP contribution in [-0.4, -0.2) is 24.7 Å². The first-order valence-corrected chi connectivity index (χ1v) is 2.50. The SMILES string of the molecule is O=C1CC(=O)OCC=N1. The highest BCUT2D eigenvalue weighted by Crippen LogP contribution is 1.92. The lowest BCUT2D eigenvalue weighted by molar-refractivity contribution is -0.143. The van der Waals surface area contributed by atoms with Gasteiger partial charge in [0.25, 0.3) is 5.91 Å². The van der Waals surface area contributed by atoms with E-state index in [0.29, 0.717) is 0 Å². The molecule has 0 spiro atoms. The van der Waals surface area contributed by atoms with E-state index < -0.39 is 11.9 Å². The van der Waals surface area contributed by atoms with E-state index in [9.17, 15) is 9.59 Å². The van der Waals surface area contributed by atoms with E-state index >= 15 is 0 Å². The van der Waals surface area contributed by atoms with Crippen LogP contribution in [0.25, 0.3) is 0 Å². The van der Waals surface area contributed by atoms with Crippen molar-refractivity contribution in [2.75, 3.05) is 6.61 Å². The minimum atomic E-state index is -0.502. The number of esters is 1. The van der Waals surface area contributed by atoms with Crippen LogP contribution >= 0.6 is 0 Å². The average molecular weight is 127 g/mol. The summed E-state index contributed by atoms with van der Waals surface area (Å²) in [6, 6.07) is 0. The Hall–Kier alpha value is -1.19. The van der Waals surface area contributed by atoms with Crippen LogP contribution < -0.4 is 0 Å². The van der Waals surface area contributed by atoms with Crippen molar-refractivity contribution in [3.8, 4) is 0 Å². The molecule has 1 aliphatic heterocycles. The molecule has 4 heteroatoms. The molecular weight excluding hydrogens is 122 g/mol. The molecule has 0 aromatic heterocycles. The highest BCUT2D eigenvalue weighted by Gasteiger charge is 2.10. The summed E-state index contributed by atoms with van der Waals surface area (Å²) in [6.07, 6.45) is 1.06. The van der Waals surface area contributed by atoms with Crippen LogP contribution in [-0.2, 0) is 14.3 Å². The van der Waals surface area contributed by atoms with Crippen molar-refractivity contribution in [1.82, 2.24) is 0 Å². The summed E-state index contributed by atoms with van der Waals surface area (Å²) >= 11 is 0. The first-order chi connectivity index (χ1) is 4.29. The van der Waals surface area contributed by atoms with E-state index in [1.807, 2.05) is 0 Å². The number of aliphatic imine (C=N–C) groups is 1. The van der Waals surface area contributed by atoms with Gasteiger partial charge in [0, 0.05) is 6.21 Å². The molecule has 0 aromatic carbocycles. The fourth-order valence-electron chi connectivity index (χ4n) is 0.489. The van der Waals surface area contributed by atoms with Crippen molar-refractivity contribution in [2.45, 2.75) is 6.42 Å². The summed E-state index contributed by atoms with van der Waals surface area (Å²) in [5, 5.41) is 0. The van der Waals surface area contributed by atoms with Gasteiger partial charge in [0.15, 0.2) is 0 Å². The summed E-state index contributed by atoms with van der Waals surface area (Å²) < 4.78 is 4.46. The Labute approximate surface area is 51.5 Å². The van der Waals surface area contributed by atoms with Crippen LogP contribution in [0.1, 0.15) is 6.42 Å². The van der Waals surface area contributed by atoms with Gasteiger partial charge in [-0.2, -0.15) is 0 Å². The monoisotopic (exact) mass is 127 g/mol. The van der Waals surface area contributed by atoms with Crippen molar-refractivity contribution in [2.24, 2.45) is 4.99 Å². The zero-order valence-corrected chi connectivity index (χ0v) is 4.66. The maximum atomic E-state index is 10.4. The Bertz CT molecular complexity index is 173. The highest BCUT2D eigenvalue weighted by atomic mass is 16.5. The average Bonchev–Trinajstić information content (AvgIpc) is 1.93. The molecule has 1 aliphatic rings. The third-order valence-electron chi connectivity index (χ3n) is 0.850. The zero-order valence-electron chi connectivity index (χ0n) is 4.66. The van der Waals surface area contributed by atoms with Crippen molar-refractivity contribution in [3.63, 3.8) is 0 Å². The van der Waals surface area contributed by atoms with E-state index in [2.05, 4.69) is 9.73 Å². The van der Waals surface area contributed by atoms with Crippen molar-refractivity contribution in [3.05, 3.63) is 0 Å². The number of carbonyl (C=O) groups excluding carboxylic acids is 2. The molecule has 1 rings (SSSR count). The van der Waals surface area contributed by atoms with Crippen LogP contribution in [0.4, 0.5) is 0 Å². The number of rotatable bonds is 0. The molecule has 0 radical (unpaired) electrons. The summed E-state index contributed by atoms with van der Waals surface area (Å²) in [5.41, 5.74) is 0. The normalized spacial score (nSPS) is 19.1. The molecule has 0 saturated heterocycles. The Morgan fingerprint density at radius 3 is 3.11 bits per heavy atom. The molecule has 1 heterocycles. The molecule has 4 nitrogen and oxygen atoms in total. The number of hydrogen-bond acceptors (Lipinski definition) is 3. The summed E-state index contributed by atoms with van der Waals surface area (Å²) in [7, 11) is 0. The Kier molecular flexibility index (Phi) is 1.58. The van der Waals surface area contributed by atoms with Gasteiger partial charge in [-0.05, 0) is 0 Å². The number of carbonyl (C=O) groups is 2. The number of nitrogens with zero attached hydrogens (tertiary/aromatic N) is 1. The smallest absolute Gasteiger partial charge is 0.315 e. The van der Waals surface area contributed by atoms with Crippen LogP contribution in [0.3, 0.4) is 0 Å². The fourth-order valence-corrected chi connectivity index (χ4v) is 0.489. The van der Waals surface area contributed by atoms with E-state index in [1.54, 1.807) is 0 Å². The number of ether oxygens (including phenoxy) is 1. The van der Waals surface area contributed by atoms with E-state index in [-0.39, 0.29) is 13.0 Å². The fraction of sp³-hybridized carbons (Fsp3) is 0.400. The molecule has 0 fully saturated rings. The third kappa shape index (κ3) is 1.64. The maximum Gasteiger partial charge on any atom is 0.315 e. The second kappa shape index (κ2) is 2.39. The van der Waals surface area contributed by atoms with Gasteiger partial charge in [0.2, 0.25) is 0 Å². The van der Waals surface area contributed by atoms with Crippen molar-refractivity contribution >= 4 is 18.1 Å². The van der Waals surface area contributed by atoms with Gasteiger partial charge in [-0.15, -0.1) is 0 Å². The number of amides is 1. The second-order valence-electron chi connectivity index (χ2n) is 1.57. The Balaban J connectivity index is 2.61. The lowest BCUT2D eigenvalue weighted by atomic mass is 10.4. The number of cyclic esters (lactones) is 1. The first-order valence-electron chi connectivity index (χ1n) is 2.50. The van der Waals surface area contributed by atoms with Crippen LogP contribution in [0.2, 0.25) is 0 Å². The van der Waals surface area contributed by atoms with Gasteiger partial charge < -0.3 is 4.74 Å². The lowest BCUT2D eigenvalue weighted by Gasteiger charge is -1.91. The number of hydrogen-bond donors (Lipinski definition) is 0. The molecule has 48 valence electrons. The van der Waals surface area contributed by atoms with Crippen molar-refractivity contribution in [1.29, 1.82) is 0 Å². The van der Waals surface area contributed by atoms with Gasteiger partial charge in [0.05, 0.1) is 0 Å². The van der Waals surface area contributed by atoms with Crippen LogP contribution in [0.5, 0.6) is 0 Å². The van der Waals surface area contributed by atoms with Crippen molar-refractivity contribution < 1.29 is 14.3 Å². The minimum Gasteiger partial charge on any atom is -0.459 e. The van der Waals surface area contributed by atoms with E-state index in [0.717, 1.165) is 0 Å². The second-order valence-corrected chi connectivity index (χ2v) is 1.57. The van der Waals surface area contributed by atoms with Crippen LogP contribution in [0, 0.1) is 0 Å². The Morgan fingerprint density at radius 2 is 2.33 bits per heavy atom. The lowest BCUT2D eigenvalue weighted by Crippen LogP contribution is -2.05. The topological polar surface area (TPSA) is 55.7 Å². The molecule has 0 bridgehead atoms. The summed E-state index contributed by atoms with van der Waals surface area (Å²) in [5.74, 6) is -0.935. The van der Waals surface area contributed by atoms with Gasteiger partial charge >= 0.3 is 5.97 Å². The first kappa shape index (κ1) is 5.94. The molecule has 9 heavy (non-hydrogen) atoms. The molecule has 1 amide bonds. The standard InChI is InChI=1S/C5H5NO3/c7-4-3-5(8)9-2-1-6-4/h1H,2-3H2. The quantitative estimate of drug-likeness (QED) is 0.326. The Morgan fingerprint density at radius 1 is 1.56 bits per heavy atom. The largest absolute Gasteiger partial charge is 0.459 e. The molecule has 0 saturated carbocycles. The molecule has 0 aromatic rings. The molecule has 0 aliphatic carbocycles. The summed E-state index contributed by atoms with van der Waals surface area (Å²) in [6.45, 7) is 0.116. The third-order valence-corrected chi connectivity index (χ3v) is 0.850. The molecule has 0 unspecified atom stereocenters. The molecule has 0 N–H and O–H groups in total. The molecule has 0 atom stereocenters. The van der Waals surface area contributed by atoms with Crippen LogP contribution in [0.15, 0.2) is 4.99 Å².